The third-order valence-electron chi connectivity index (χ3n) is 4.00. The molecule has 2 aromatic heterocycles. The molecule has 0 aliphatic carbocycles. The second-order valence-electron chi connectivity index (χ2n) is 5.89. The SMILES string of the molecule is CCn1cc(C(=O)N/N=C/c2ccc(O)c(Br)c2)c(=O)c2ccc(C)nc21. The molecular weight excluding hydrogens is 412 g/mol. The molecule has 3 aromatic rings. The van der Waals surface area contributed by atoms with Crippen LogP contribution in [0, 0.1) is 6.92 Å². The van der Waals surface area contributed by atoms with Crippen LogP contribution in [0.4, 0.5) is 0 Å². The van der Waals surface area contributed by atoms with Crippen molar-refractivity contribution < 1.29 is 9.90 Å². The molecule has 0 atom stereocenters. The van der Waals surface area contributed by atoms with Crippen molar-refractivity contribution in [3.8, 4) is 5.75 Å². The highest BCUT2D eigenvalue weighted by atomic mass is 79.9. The van der Waals surface area contributed by atoms with Crippen LogP contribution in [0.5, 0.6) is 5.75 Å². The molecule has 0 saturated heterocycles. The van der Waals surface area contributed by atoms with Crippen LogP contribution in [-0.2, 0) is 6.54 Å². The standard InChI is InChI=1S/C19H17BrN4O3/c1-3-24-10-14(17(26)13-6-4-11(2)22-18(13)24)19(27)23-21-9-12-5-7-16(25)15(20)8-12/h4-10,25H,3H2,1-2H3,(H,23,27)/b21-9+. The second kappa shape index (κ2) is 7.71. The molecule has 0 aliphatic heterocycles. The molecule has 0 spiro atoms. The number of phenolic OH excluding ortho intramolecular Hbond substituents is 1. The zero-order valence-corrected chi connectivity index (χ0v) is 16.3. The summed E-state index contributed by atoms with van der Waals surface area (Å²) < 4.78 is 2.28. The van der Waals surface area contributed by atoms with Gasteiger partial charge in [0.25, 0.3) is 5.91 Å². The van der Waals surface area contributed by atoms with Crippen LogP contribution in [0.15, 0.2) is 50.9 Å². The van der Waals surface area contributed by atoms with E-state index in [9.17, 15) is 14.7 Å². The van der Waals surface area contributed by atoms with Gasteiger partial charge in [-0.05, 0) is 65.7 Å². The van der Waals surface area contributed by atoms with E-state index in [4.69, 9.17) is 0 Å². The number of aromatic hydroxyl groups is 1. The summed E-state index contributed by atoms with van der Waals surface area (Å²) in [7, 11) is 0. The molecule has 2 heterocycles. The molecule has 1 amide bonds. The first-order chi connectivity index (χ1) is 12.9. The fourth-order valence-corrected chi connectivity index (χ4v) is 2.99. The summed E-state index contributed by atoms with van der Waals surface area (Å²) in [5.74, 6) is -0.491. The van der Waals surface area contributed by atoms with Crippen molar-refractivity contribution in [2.45, 2.75) is 20.4 Å². The van der Waals surface area contributed by atoms with E-state index < -0.39 is 5.91 Å². The van der Waals surface area contributed by atoms with Crippen molar-refractivity contribution in [3.63, 3.8) is 0 Å². The number of rotatable bonds is 4. The third kappa shape index (κ3) is 3.90. The highest BCUT2D eigenvalue weighted by molar-refractivity contribution is 9.10. The molecule has 138 valence electrons. The number of nitrogens with zero attached hydrogens (tertiary/aromatic N) is 3. The van der Waals surface area contributed by atoms with Gasteiger partial charge >= 0.3 is 0 Å². The van der Waals surface area contributed by atoms with Gasteiger partial charge in [0, 0.05) is 18.4 Å². The number of aryl methyl sites for hydroxylation is 2. The smallest absolute Gasteiger partial charge is 0.276 e. The van der Waals surface area contributed by atoms with Gasteiger partial charge < -0.3 is 9.67 Å². The predicted octanol–water partition coefficient (Wildman–Crippen LogP) is 2.96. The van der Waals surface area contributed by atoms with Gasteiger partial charge in [-0.3, -0.25) is 9.59 Å². The average molecular weight is 429 g/mol. The van der Waals surface area contributed by atoms with E-state index in [2.05, 4.69) is 31.4 Å². The molecule has 8 heteroatoms. The summed E-state index contributed by atoms with van der Waals surface area (Å²) in [5, 5.41) is 13.8. The molecule has 27 heavy (non-hydrogen) atoms. The van der Waals surface area contributed by atoms with Gasteiger partial charge in [0.1, 0.15) is 17.0 Å². The quantitative estimate of drug-likeness (QED) is 0.492. The molecule has 0 aliphatic rings. The number of phenols is 1. The highest BCUT2D eigenvalue weighted by Gasteiger charge is 2.15. The molecule has 1 aromatic carbocycles. The molecule has 0 saturated carbocycles. The Hall–Kier alpha value is -3.00. The summed E-state index contributed by atoms with van der Waals surface area (Å²) in [5.41, 5.74) is 4.00. The predicted molar refractivity (Wildman–Crippen MR) is 107 cm³/mol. The van der Waals surface area contributed by atoms with Crippen molar-refractivity contribution in [1.29, 1.82) is 0 Å². The first kappa shape index (κ1) is 18.8. The van der Waals surface area contributed by atoms with Gasteiger partial charge in [-0.25, -0.2) is 10.4 Å². The Morgan fingerprint density at radius 3 is 2.85 bits per heavy atom. The van der Waals surface area contributed by atoms with Gasteiger partial charge in [0.05, 0.1) is 16.1 Å². The zero-order valence-electron chi connectivity index (χ0n) is 14.7. The maximum Gasteiger partial charge on any atom is 0.276 e. The number of hydrogen-bond donors (Lipinski definition) is 2. The Bertz CT molecular complexity index is 1120. The minimum absolute atomic E-state index is 0.000889. The number of carbonyl (C=O) groups is 1. The van der Waals surface area contributed by atoms with Gasteiger partial charge in [0.15, 0.2) is 0 Å². The number of benzene rings is 1. The highest BCUT2D eigenvalue weighted by Crippen LogP contribution is 2.23. The normalized spacial score (nSPS) is 11.2. The number of pyridine rings is 2. The van der Waals surface area contributed by atoms with Gasteiger partial charge in [-0.2, -0.15) is 5.10 Å². The van der Waals surface area contributed by atoms with Gasteiger partial charge in [0.2, 0.25) is 5.43 Å². The Kier molecular flexibility index (Phi) is 5.36. The van der Waals surface area contributed by atoms with Crippen molar-refractivity contribution >= 4 is 39.1 Å². The molecule has 7 nitrogen and oxygen atoms in total. The fraction of sp³-hybridized carbons (Fsp3) is 0.158. The first-order valence-electron chi connectivity index (χ1n) is 8.23. The van der Waals surface area contributed by atoms with E-state index in [1.165, 1.54) is 18.5 Å². The van der Waals surface area contributed by atoms with E-state index >= 15 is 0 Å². The van der Waals surface area contributed by atoms with E-state index in [0.29, 0.717) is 27.6 Å². The number of amides is 1. The molecule has 0 bridgehead atoms. The lowest BCUT2D eigenvalue weighted by molar-refractivity contribution is 0.0953. The number of hydrazone groups is 1. The van der Waals surface area contributed by atoms with E-state index in [1.807, 2.05) is 13.8 Å². The zero-order chi connectivity index (χ0) is 19.6. The lowest BCUT2D eigenvalue weighted by Gasteiger charge is -2.10. The number of nitrogens with one attached hydrogen (secondary N) is 1. The topological polar surface area (TPSA) is 96.6 Å². The minimum Gasteiger partial charge on any atom is -0.507 e. The minimum atomic E-state index is -0.598. The first-order valence-corrected chi connectivity index (χ1v) is 9.02. The molecule has 0 fully saturated rings. The van der Waals surface area contributed by atoms with Crippen LogP contribution in [0.2, 0.25) is 0 Å². The molecule has 2 N–H and O–H groups in total. The summed E-state index contributed by atoms with van der Waals surface area (Å²) in [4.78, 5) is 29.5. The Balaban J connectivity index is 1.90. The number of hydrogen-bond acceptors (Lipinski definition) is 5. The van der Waals surface area contributed by atoms with Gasteiger partial charge in [-0.15, -0.1) is 0 Å². The summed E-state index contributed by atoms with van der Waals surface area (Å²) >= 11 is 3.21. The second-order valence-corrected chi connectivity index (χ2v) is 6.75. The van der Waals surface area contributed by atoms with Crippen LogP contribution < -0.4 is 10.9 Å². The lowest BCUT2D eigenvalue weighted by atomic mass is 10.1. The molecular formula is C19H17BrN4O3. The Labute approximate surface area is 163 Å². The average Bonchev–Trinajstić information content (AvgIpc) is 2.64. The maximum absolute atomic E-state index is 12.7. The molecule has 0 radical (unpaired) electrons. The van der Waals surface area contributed by atoms with E-state index in [0.717, 1.165) is 5.69 Å². The van der Waals surface area contributed by atoms with Crippen molar-refractivity contribution in [2.75, 3.05) is 0 Å². The monoisotopic (exact) mass is 428 g/mol. The van der Waals surface area contributed by atoms with Crippen molar-refractivity contribution in [3.05, 3.63) is 68.0 Å². The van der Waals surface area contributed by atoms with Crippen LogP contribution >= 0.6 is 15.9 Å². The van der Waals surface area contributed by atoms with Crippen LogP contribution in [0.1, 0.15) is 28.5 Å². The number of aromatic nitrogens is 2. The van der Waals surface area contributed by atoms with Crippen LogP contribution in [0.25, 0.3) is 11.0 Å². The Morgan fingerprint density at radius 1 is 1.37 bits per heavy atom. The summed E-state index contributed by atoms with van der Waals surface area (Å²) in [6, 6.07) is 8.22. The van der Waals surface area contributed by atoms with E-state index in [1.54, 1.807) is 28.8 Å². The lowest BCUT2D eigenvalue weighted by Crippen LogP contribution is -2.27. The van der Waals surface area contributed by atoms with Crippen molar-refractivity contribution in [2.24, 2.45) is 5.10 Å². The van der Waals surface area contributed by atoms with E-state index in [-0.39, 0.29) is 16.7 Å². The summed E-state index contributed by atoms with van der Waals surface area (Å²) in [6.45, 7) is 4.33. The molecule has 3 rings (SSSR count). The number of carbonyl (C=O) groups excluding carboxylic acids is 1. The van der Waals surface area contributed by atoms with Gasteiger partial charge in [-0.1, -0.05) is 0 Å². The largest absolute Gasteiger partial charge is 0.507 e. The molecule has 0 unspecified atom stereocenters. The Morgan fingerprint density at radius 2 is 2.15 bits per heavy atom. The third-order valence-corrected chi connectivity index (χ3v) is 4.63. The van der Waals surface area contributed by atoms with Crippen LogP contribution in [0.3, 0.4) is 0 Å². The fourth-order valence-electron chi connectivity index (χ4n) is 2.59. The number of fused-ring (bicyclic) bond motifs is 1. The van der Waals surface area contributed by atoms with Crippen molar-refractivity contribution in [1.82, 2.24) is 15.0 Å². The maximum atomic E-state index is 12.7. The number of halogens is 1. The van der Waals surface area contributed by atoms with Crippen LogP contribution in [-0.4, -0.2) is 26.8 Å². The summed E-state index contributed by atoms with van der Waals surface area (Å²) in [6.07, 6.45) is 2.92.